The second-order valence-electron chi connectivity index (χ2n) is 6.10. The second kappa shape index (κ2) is 8.74. The van der Waals surface area contributed by atoms with Crippen LogP contribution in [0.25, 0.3) is 0 Å². The third kappa shape index (κ3) is 4.30. The van der Waals surface area contributed by atoms with E-state index in [0.29, 0.717) is 24.6 Å². The van der Waals surface area contributed by atoms with Crippen molar-refractivity contribution in [2.75, 3.05) is 26.2 Å². The Morgan fingerprint density at radius 3 is 2.62 bits per heavy atom. The van der Waals surface area contributed by atoms with Crippen LogP contribution < -0.4 is 10.5 Å². The Kier molecular flexibility index (Phi) is 6.38. The van der Waals surface area contributed by atoms with Gasteiger partial charge in [0.25, 0.3) is 18.3 Å². The SMILES string of the molecule is NCC(c1scnc1C(F)F)N1CCC(COc2nccnc2F)CC1. The number of hydrogen-bond donors (Lipinski definition) is 1. The highest BCUT2D eigenvalue weighted by molar-refractivity contribution is 7.09. The number of halogens is 3. The minimum Gasteiger partial charge on any atom is -0.474 e. The molecule has 0 aromatic carbocycles. The smallest absolute Gasteiger partial charge is 0.281 e. The van der Waals surface area contributed by atoms with Crippen molar-refractivity contribution in [1.29, 1.82) is 0 Å². The number of rotatable bonds is 7. The van der Waals surface area contributed by atoms with Gasteiger partial charge in [-0.15, -0.1) is 11.3 Å². The van der Waals surface area contributed by atoms with Crippen LogP contribution >= 0.6 is 11.3 Å². The molecule has 142 valence electrons. The van der Waals surface area contributed by atoms with Crippen LogP contribution in [0.4, 0.5) is 13.2 Å². The molecule has 6 nitrogen and oxygen atoms in total. The Labute approximate surface area is 153 Å². The van der Waals surface area contributed by atoms with Crippen molar-refractivity contribution in [2.24, 2.45) is 11.7 Å². The molecule has 0 amide bonds. The maximum Gasteiger partial charge on any atom is 0.281 e. The van der Waals surface area contributed by atoms with Gasteiger partial charge in [0.15, 0.2) is 0 Å². The number of piperidine rings is 1. The fourth-order valence-corrected chi connectivity index (χ4v) is 4.08. The Morgan fingerprint density at radius 2 is 1.96 bits per heavy atom. The van der Waals surface area contributed by atoms with Crippen molar-refractivity contribution < 1.29 is 17.9 Å². The quantitative estimate of drug-likeness (QED) is 0.787. The van der Waals surface area contributed by atoms with E-state index in [4.69, 9.17) is 10.5 Å². The predicted octanol–water partition coefficient (Wildman–Crippen LogP) is 2.80. The van der Waals surface area contributed by atoms with Gasteiger partial charge in [0.1, 0.15) is 5.69 Å². The van der Waals surface area contributed by atoms with Crippen molar-refractivity contribution in [1.82, 2.24) is 19.9 Å². The highest BCUT2D eigenvalue weighted by Crippen LogP contribution is 2.34. The molecule has 2 N–H and O–H groups in total. The minimum absolute atomic E-state index is 0.0963. The molecule has 0 spiro atoms. The summed E-state index contributed by atoms with van der Waals surface area (Å²) in [5.41, 5.74) is 7.13. The lowest BCUT2D eigenvalue weighted by Crippen LogP contribution is -2.41. The zero-order valence-corrected chi connectivity index (χ0v) is 14.8. The van der Waals surface area contributed by atoms with Crippen molar-refractivity contribution >= 4 is 11.3 Å². The number of ether oxygens (including phenoxy) is 1. The van der Waals surface area contributed by atoms with Gasteiger partial charge in [-0.3, -0.25) is 4.90 Å². The Balaban J connectivity index is 1.55. The molecule has 2 aromatic rings. The summed E-state index contributed by atoms with van der Waals surface area (Å²) in [6.07, 6.45) is 1.66. The Hall–Kier alpha value is -1.78. The first-order valence-corrected chi connectivity index (χ1v) is 9.23. The van der Waals surface area contributed by atoms with Gasteiger partial charge in [-0.1, -0.05) is 0 Å². The van der Waals surface area contributed by atoms with Crippen molar-refractivity contribution in [3.8, 4) is 5.88 Å². The molecule has 1 unspecified atom stereocenters. The maximum atomic E-state index is 13.4. The van der Waals surface area contributed by atoms with Crippen LogP contribution in [-0.2, 0) is 0 Å². The highest BCUT2D eigenvalue weighted by atomic mass is 32.1. The molecule has 1 atom stereocenters. The summed E-state index contributed by atoms with van der Waals surface area (Å²) in [7, 11) is 0. The van der Waals surface area contributed by atoms with Crippen LogP contribution in [0.5, 0.6) is 5.88 Å². The summed E-state index contributed by atoms with van der Waals surface area (Å²) in [5, 5.41) is 0. The molecular formula is C16H20F3N5OS. The van der Waals surface area contributed by atoms with E-state index in [2.05, 4.69) is 19.9 Å². The number of likely N-dealkylation sites (tertiary alicyclic amines) is 1. The highest BCUT2D eigenvalue weighted by Gasteiger charge is 2.30. The first-order chi connectivity index (χ1) is 12.6. The van der Waals surface area contributed by atoms with E-state index in [1.54, 1.807) is 0 Å². The van der Waals surface area contributed by atoms with E-state index in [1.165, 1.54) is 29.2 Å². The molecule has 0 aliphatic carbocycles. The van der Waals surface area contributed by atoms with Crippen LogP contribution in [0.3, 0.4) is 0 Å². The summed E-state index contributed by atoms with van der Waals surface area (Å²) in [6, 6.07) is -0.259. The van der Waals surface area contributed by atoms with E-state index in [0.717, 1.165) is 12.8 Å². The molecule has 0 radical (unpaired) electrons. The summed E-state index contributed by atoms with van der Waals surface area (Å²) in [4.78, 5) is 13.7. The van der Waals surface area contributed by atoms with E-state index >= 15 is 0 Å². The molecule has 10 heteroatoms. The van der Waals surface area contributed by atoms with Crippen molar-refractivity contribution in [3.63, 3.8) is 0 Å². The molecule has 3 rings (SSSR count). The maximum absolute atomic E-state index is 13.4. The second-order valence-corrected chi connectivity index (χ2v) is 6.98. The van der Waals surface area contributed by atoms with Gasteiger partial charge in [-0.2, -0.15) is 4.39 Å². The third-order valence-corrected chi connectivity index (χ3v) is 5.47. The lowest BCUT2D eigenvalue weighted by Gasteiger charge is -2.36. The molecule has 0 bridgehead atoms. The van der Waals surface area contributed by atoms with Gasteiger partial charge < -0.3 is 10.5 Å². The zero-order chi connectivity index (χ0) is 18.5. The number of hydrogen-bond acceptors (Lipinski definition) is 7. The molecule has 1 aliphatic heterocycles. The number of nitrogens with zero attached hydrogens (tertiary/aromatic N) is 4. The summed E-state index contributed by atoms with van der Waals surface area (Å²) in [6.45, 7) is 2.02. The summed E-state index contributed by atoms with van der Waals surface area (Å²) >= 11 is 1.22. The van der Waals surface area contributed by atoms with Crippen LogP contribution in [-0.4, -0.2) is 46.1 Å². The minimum atomic E-state index is -2.60. The van der Waals surface area contributed by atoms with Gasteiger partial charge in [0.2, 0.25) is 0 Å². The first-order valence-electron chi connectivity index (χ1n) is 8.35. The number of thiazole rings is 1. The van der Waals surface area contributed by atoms with Gasteiger partial charge in [-0.05, 0) is 31.8 Å². The van der Waals surface area contributed by atoms with Crippen LogP contribution in [0.1, 0.15) is 35.9 Å². The topological polar surface area (TPSA) is 77.2 Å². The normalized spacial score (nSPS) is 17.6. The Morgan fingerprint density at radius 1 is 1.23 bits per heavy atom. The van der Waals surface area contributed by atoms with E-state index in [9.17, 15) is 13.2 Å². The van der Waals surface area contributed by atoms with Gasteiger partial charge in [0, 0.05) is 18.9 Å². The Bertz CT molecular complexity index is 709. The molecule has 2 aromatic heterocycles. The fraction of sp³-hybridized carbons (Fsp3) is 0.562. The molecule has 1 fully saturated rings. The average molecular weight is 387 g/mol. The van der Waals surface area contributed by atoms with Gasteiger partial charge >= 0.3 is 0 Å². The number of aromatic nitrogens is 3. The standard InChI is InChI=1S/C16H20F3N5OS/c17-14(18)12-13(26-9-23-12)11(7-20)24-5-1-10(2-6-24)8-25-16-15(19)21-3-4-22-16/h3-4,9-11,14H,1-2,5-8,20H2. The molecule has 0 saturated carbocycles. The average Bonchev–Trinajstić information content (AvgIpc) is 3.12. The van der Waals surface area contributed by atoms with Crippen LogP contribution in [0.2, 0.25) is 0 Å². The lowest BCUT2D eigenvalue weighted by molar-refractivity contribution is 0.102. The number of nitrogens with two attached hydrogens (primary N) is 1. The predicted molar refractivity (Wildman–Crippen MR) is 90.6 cm³/mol. The summed E-state index contributed by atoms with van der Waals surface area (Å²) < 4.78 is 45.1. The van der Waals surface area contributed by atoms with Crippen molar-refractivity contribution in [2.45, 2.75) is 25.3 Å². The molecular weight excluding hydrogens is 367 g/mol. The zero-order valence-electron chi connectivity index (χ0n) is 14.0. The number of alkyl halides is 2. The summed E-state index contributed by atoms with van der Waals surface area (Å²) in [5.74, 6) is -0.582. The van der Waals surface area contributed by atoms with E-state index < -0.39 is 12.4 Å². The largest absolute Gasteiger partial charge is 0.474 e. The van der Waals surface area contributed by atoms with Crippen LogP contribution in [0, 0.1) is 11.9 Å². The van der Waals surface area contributed by atoms with E-state index in [1.807, 2.05) is 0 Å². The van der Waals surface area contributed by atoms with Crippen molar-refractivity contribution in [3.05, 3.63) is 34.4 Å². The first kappa shape index (κ1) is 19.0. The molecule has 1 aliphatic rings. The van der Waals surface area contributed by atoms with E-state index in [-0.39, 0.29) is 30.1 Å². The monoisotopic (exact) mass is 387 g/mol. The van der Waals surface area contributed by atoms with Gasteiger partial charge in [0.05, 0.1) is 23.0 Å². The van der Waals surface area contributed by atoms with Crippen LogP contribution in [0.15, 0.2) is 17.9 Å². The lowest BCUT2D eigenvalue weighted by atomic mass is 9.96. The van der Waals surface area contributed by atoms with Gasteiger partial charge in [-0.25, -0.2) is 23.7 Å². The molecule has 1 saturated heterocycles. The molecule has 3 heterocycles. The fourth-order valence-electron chi connectivity index (χ4n) is 3.13. The third-order valence-electron chi connectivity index (χ3n) is 4.52. The molecule has 26 heavy (non-hydrogen) atoms.